The zero-order chi connectivity index (χ0) is 27.2. The van der Waals surface area contributed by atoms with Gasteiger partial charge in [-0.3, -0.25) is 9.59 Å². The van der Waals surface area contributed by atoms with Crippen molar-refractivity contribution in [1.29, 1.82) is 0 Å². The van der Waals surface area contributed by atoms with Crippen molar-refractivity contribution >= 4 is 23.4 Å². The van der Waals surface area contributed by atoms with E-state index in [9.17, 15) is 9.59 Å². The topological polar surface area (TPSA) is 86.3 Å². The molecular formula is C29H37ClN2O6. The number of halogens is 1. The molecule has 2 aromatic carbocycles. The van der Waals surface area contributed by atoms with Crippen molar-refractivity contribution in [3.63, 3.8) is 0 Å². The first-order valence-corrected chi connectivity index (χ1v) is 13.7. The number of carbonyl (C=O) groups excluding carboxylic acids is 2. The molecule has 1 unspecified atom stereocenters. The smallest absolute Gasteiger partial charge is 0.247 e. The summed E-state index contributed by atoms with van der Waals surface area (Å²) in [6, 6.07) is 9.98. The van der Waals surface area contributed by atoms with Crippen molar-refractivity contribution in [2.24, 2.45) is 5.92 Å². The van der Waals surface area contributed by atoms with Gasteiger partial charge in [-0.15, -0.1) is 11.6 Å². The van der Waals surface area contributed by atoms with E-state index in [0.29, 0.717) is 34.5 Å². The molecular weight excluding hydrogens is 508 g/mol. The van der Waals surface area contributed by atoms with Crippen molar-refractivity contribution < 1.29 is 28.5 Å². The zero-order valence-electron chi connectivity index (χ0n) is 22.5. The van der Waals surface area contributed by atoms with Crippen LogP contribution in [0.4, 0.5) is 0 Å². The molecule has 2 aromatic rings. The quantitative estimate of drug-likeness (QED) is 0.413. The molecule has 0 spiro atoms. The van der Waals surface area contributed by atoms with Gasteiger partial charge in [-0.25, -0.2) is 0 Å². The van der Waals surface area contributed by atoms with Gasteiger partial charge in [-0.1, -0.05) is 19.1 Å². The molecule has 0 aromatic heterocycles. The first-order valence-electron chi connectivity index (χ1n) is 13.2. The molecule has 1 fully saturated rings. The third-order valence-corrected chi connectivity index (χ3v) is 7.24. The summed E-state index contributed by atoms with van der Waals surface area (Å²) in [4.78, 5) is 28.7. The fraction of sp³-hybridized carbons (Fsp3) is 0.517. The third-order valence-electron chi connectivity index (χ3n) is 7.01. The highest BCUT2D eigenvalue weighted by atomic mass is 35.5. The van der Waals surface area contributed by atoms with E-state index < -0.39 is 6.04 Å². The lowest BCUT2D eigenvalue weighted by atomic mass is 9.87. The monoisotopic (exact) mass is 544 g/mol. The second-order valence-electron chi connectivity index (χ2n) is 10.3. The van der Waals surface area contributed by atoms with Crippen molar-refractivity contribution in [2.45, 2.75) is 71.2 Å². The van der Waals surface area contributed by atoms with Gasteiger partial charge in [-0.2, -0.15) is 0 Å². The summed E-state index contributed by atoms with van der Waals surface area (Å²) in [5.74, 6) is 2.09. The Balaban J connectivity index is 1.70. The van der Waals surface area contributed by atoms with Crippen LogP contribution in [-0.4, -0.2) is 48.6 Å². The Bertz CT molecular complexity index is 1130. The van der Waals surface area contributed by atoms with Crippen LogP contribution in [0.15, 0.2) is 36.4 Å². The highest BCUT2D eigenvalue weighted by molar-refractivity contribution is 6.27. The van der Waals surface area contributed by atoms with Gasteiger partial charge < -0.3 is 29.2 Å². The Morgan fingerprint density at radius 1 is 1.05 bits per heavy atom. The highest BCUT2D eigenvalue weighted by Crippen LogP contribution is 2.36. The van der Waals surface area contributed by atoms with E-state index in [1.165, 1.54) is 4.90 Å². The molecule has 0 radical (unpaired) electrons. The lowest BCUT2D eigenvalue weighted by Gasteiger charge is -2.34. The minimum absolute atomic E-state index is 0.0529. The van der Waals surface area contributed by atoms with Crippen molar-refractivity contribution in [3.05, 3.63) is 47.5 Å². The molecule has 2 aliphatic rings. The van der Waals surface area contributed by atoms with Crippen molar-refractivity contribution in [2.75, 3.05) is 19.8 Å². The number of nitrogens with one attached hydrogen (secondary N) is 1. The second-order valence-corrected chi connectivity index (χ2v) is 10.6. The number of hydrogen-bond acceptors (Lipinski definition) is 6. The number of methoxy groups -OCH3 is 1. The maximum atomic E-state index is 13.9. The number of ether oxygens (including phenoxy) is 4. The number of alkyl halides is 1. The van der Waals surface area contributed by atoms with Gasteiger partial charge in [0.05, 0.1) is 13.2 Å². The molecule has 1 saturated carbocycles. The van der Waals surface area contributed by atoms with Crippen LogP contribution in [0.3, 0.4) is 0 Å². The maximum absolute atomic E-state index is 13.9. The predicted octanol–water partition coefficient (Wildman–Crippen LogP) is 5.21. The first kappa shape index (κ1) is 27.9. The van der Waals surface area contributed by atoms with Gasteiger partial charge in [0.2, 0.25) is 18.6 Å². The average molecular weight is 545 g/mol. The summed E-state index contributed by atoms with van der Waals surface area (Å²) in [6.07, 6.45) is 3.90. The maximum Gasteiger partial charge on any atom is 0.247 e. The van der Waals surface area contributed by atoms with E-state index in [-0.39, 0.29) is 43.2 Å². The van der Waals surface area contributed by atoms with Crippen molar-refractivity contribution in [3.8, 4) is 23.0 Å². The van der Waals surface area contributed by atoms with Gasteiger partial charge in [0, 0.05) is 12.6 Å². The molecule has 1 aliphatic heterocycles. The van der Waals surface area contributed by atoms with Crippen LogP contribution in [0.25, 0.3) is 0 Å². The molecule has 1 heterocycles. The van der Waals surface area contributed by atoms with Crippen LogP contribution in [-0.2, 0) is 16.1 Å². The second kappa shape index (κ2) is 12.6. The molecule has 1 N–H and O–H groups in total. The third kappa shape index (κ3) is 6.65. The molecule has 1 atom stereocenters. The summed E-state index contributed by atoms with van der Waals surface area (Å²) in [7, 11) is 1.55. The van der Waals surface area contributed by atoms with E-state index >= 15 is 0 Å². The van der Waals surface area contributed by atoms with E-state index in [2.05, 4.69) is 12.2 Å². The van der Waals surface area contributed by atoms with E-state index in [4.69, 9.17) is 30.5 Å². The molecule has 2 amide bonds. The molecule has 1 aliphatic carbocycles. The molecule has 9 heteroatoms. The number of rotatable bonds is 10. The van der Waals surface area contributed by atoms with Crippen LogP contribution in [0, 0.1) is 5.92 Å². The number of benzene rings is 2. The summed E-state index contributed by atoms with van der Waals surface area (Å²) < 4.78 is 22.4. The SMILES string of the molecule is COc1cc(C(C(=O)NC2CCC(C)CC2)N(Cc2ccc3c(c2)OCO3)C(=O)CCl)ccc1OC(C)C. The fourth-order valence-corrected chi connectivity index (χ4v) is 5.15. The molecule has 38 heavy (non-hydrogen) atoms. The lowest BCUT2D eigenvalue weighted by molar-refractivity contribution is -0.140. The lowest BCUT2D eigenvalue weighted by Crippen LogP contribution is -2.47. The number of amides is 2. The molecule has 4 rings (SSSR count). The largest absolute Gasteiger partial charge is 0.493 e. The summed E-state index contributed by atoms with van der Waals surface area (Å²) >= 11 is 6.08. The molecule has 8 nitrogen and oxygen atoms in total. The Morgan fingerprint density at radius 3 is 2.47 bits per heavy atom. The Kier molecular flexibility index (Phi) is 9.26. The summed E-state index contributed by atoms with van der Waals surface area (Å²) in [5.41, 5.74) is 1.41. The van der Waals surface area contributed by atoms with Gasteiger partial charge in [0.25, 0.3) is 0 Å². The first-order chi connectivity index (χ1) is 18.3. The van der Waals surface area contributed by atoms with Gasteiger partial charge in [-0.05, 0) is 80.8 Å². The summed E-state index contributed by atoms with van der Waals surface area (Å²) in [5, 5.41) is 3.22. The van der Waals surface area contributed by atoms with Gasteiger partial charge in [0.1, 0.15) is 11.9 Å². The number of carbonyl (C=O) groups is 2. The van der Waals surface area contributed by atoms with E-state index in [1.807, 2.05) is 32.0 Å². The standard InChI is InChI=1S/C29H37ClN2O6/c1-18(2)38-24-12-8-21(14-25(24)35-4)28(29(34)31-22-9-5-19(3)6-10-22)32(27(33)15-30)16-20-7-11-23-26(13-20)37-17-36-23/h7-8,11-14,18-19,22,28H,5-6,9-10,15-17H2,1-4H3,(H,31,34). The predicted molar refractivity (Wildman–Crippen MR) is 145 cm³/mol. The van der Waals surface area contributed by atoms with Crippen molar-refractivity contribution in [1.82, 2.24) is 10.2 Å². The average Bonchev–Trinajstić information content (AvgIpc) is 3.37. The highest BCUT2D eigenvalue weighted by Gasteiger charge is 2.34. The van der Waals surface area contributed by atoms with Crippen LogP contribution in [0.1, 0.15) is 63.6 Å². The minimum Gasteiger partial charge on any atom is -0.493 e. The Labute approximate surface area is 229 Å². The minimum atomic E-state index is -0.923. The number of fused-ring (bicyclic) bond motifs is 1. The van der Waals surface area contributed by atoms with Crippen LogP contribution >= 0.6 is 11.6 Å². The van der Waals surface area contributed by atoms with Gasteiger partial charge in [0.15, 0.2) is 23.0 Å². The molecule has 0 bridgehead atoms. The summed E-state index contributed by atoms with van der Waals surface area (Å²) in [6.45, 7) is 6.41. The zero-order valence-corrected chi connectivity index (χ0v) is 23.3. The van der Waals surface area contributed by atoms with Crippen LogP contribution in [0.2, 0.25) is 0 Å². The Morgan fingerprint density at radius 2 is 1.79 bits per heavy atom. The Hall–Kier alpha value is -3.13. The van der Waals surface area contributed by atoms with E-state index in [1.54, 1.807) is 25.3 Å². The molecule has 206 valence electrons. The number of nitrogens with zero attached hydrogens (tertiary/aromatic N) is 1. The normalized spacial score (nSPS) is 19.1. The van der Waals surface area contributed by atoms with Crippen LogP contribution < -0.4 is 24.3 Å². The van der Waals surface area contributed by atoms with Gasteiger partial charge >= 0.3 is 0 Å². The van der Waals surface area contributed by atoms with E-state index in [0.717, 1.165) is 31.2 Å². The molecule has 0 saturated heterocycles. The fourth-order valence-electron chi connectivity index (χ4n) is 5.00. The van der Waals surface area contributed by atoms with Crippen LogP contribution in [0.5, 0.6) is 23.0 Å². The number of hydrogen-bond donors (Lipinski definition) is 1.